The third kappa shape index (κ3) is 25.8. The number of aromatic nitrogens is 11. The van der Waals surface area contributed by atoms with E-state index in [2.05, 4.69) is 51.2 Å². The van der Waals surface area contributed by atoms with Gasteiger partial charge < -0.3 is 50.9 Å². The monoisotopic (exact) mass is 1550 g/mol. The van der Waals surface area contributed by atoms with Crippen molar-refractivity contribution in [1.82, 2.24) is 52.7 Å². The summed E-state index contributed by atoms with van der Waals surface area (Å²) in [5, 5.41) is 4.55. The van der Waals surface area contributed by atoms with E-state index in [-0.39, 0.29) is 76.8 Å². The number of anilines is 3. The van der Waals surface area contributed by atoms with Gasteiger partial charge in [0, 0.05) is 41.9 Å². The number of hydrogen-bond acceptors (Lipinski definition) is 23. The number of halogens is 4. The number of nitrogens with zero attached hydrogens (tertiary/aromatic N) is 10. The van der Waals surface area contributed by atoms with E-state index in [1.165, 1.54) is 97.9 Å². The first-order chi connectivity index (χ1) is 50.3. The molecule has 0 aliphatic carbocycles. The van der Waals surface area contributed by atoms with Gasteiger partial charge in [-0.05, 0) is 151 Å². The number of methoxy groups -OCH3 is 3. The summed E-state index contributed by atoms with van der Waals surface area (Å²) < 4.78 is 76.3. The van der Waals surface area contributed by atoms with Crippen LogP contribution in [0.5, 0.6) is 34.5 Å². The highest BCUT2D eigenvalue weighted by Gasteiger charge is 2.17. The number of aromatic amines is 1. The molecular formula is C72H79BrF3N15O12S2. The normalized spacial score (nSPS) is 10.3. The van der Waals surface area contributed by atoms with Crippen LogP contribution in [-0.2, 0) is 45.8 Å². The van der Waals surface area contributed by atoms with E-state index in [0.29, 0.717) is 76.0 Å². The lowest BCUT2D eigenvalue weighted by Gasteiger charge is -2.16. The Morgan fingerprint density at radius 1 is 0.476 bits per heavy atom. The summed E-state index contributed by atoms with van der Waals surface area (Å²) in [4.78, 5) is 96.2. The molecule has 0 unspecified atom stereocenters. The highest BCUT2D eigenvalue weighted by Crippen LogP contribution is 2.20. The molecule has 0 bridgehead atoms. The Hall–Kier alpha value is -11.4. The van der Waals surface area contributed by atoms with Crippen LogP contribution < -0.4 is 85.1 Å². The zero-order chi connectivity index (χ0) is 74.9. The second kappa shape index (κ2) is 42.9. The van der Waals surface area contributed by atoms with E-state index >= 15 is 0 Å². The number of nitrogen functional groups attached to an aromatic ring is 2. The molecule has 0 radical (unpaired) electrons. The van der Waals surface area contributed by atoms with Crippen molar-refractivity contribution in [2.75, 3.05) is 75.8 Å². The lowest BCUT2D eigenvalue weighted by Crippen LogP contribution is -2.44. The van der Waals surface area contributed by atoms with Crippen molar-refractivity contribution in [2.24, 2.45) is 5.73 Å². The van der Waals surface area contributed by atoms with Crippen molar-refractivity contribution in [3.05, 3.63) is 290 Å². The Morgan fingerprint density at radius 3 is 1.24 bits per heavy atom. The Morgan fingerprint density at radius 2 is 0.848 bits per heavy atom. The first-order valence-electron chi connectivity index (χ1n) is 31.4. The lowest BCUT2D eigenvalue weighted by molar-refractivity contribution is 0.288. The highest BCUT2D eigenvalue weighted by molar-refractivity contribution is 9.09. The molecule has 554 valence electrons. The van der Waals surface area contributed by atoms with Gasteiger partial charge in [0.25, 0.3) is 0 Å². The molecule has 0 amide bonds. The number of benzene rings is 6. The summed E-state index contributed by atoms with van der Waals surface area (Å²) >= 11 is 5.71. The Labute approximate surface area is 618 Å². The van der Waals surface area contributed by atoms with Crippen molar-refractivity contribution < 1.29 is 41.6 Å². The number of rotatable bonds is 26. The molecule has 27 nitrogen and oxygen atoms in total. The molecule has 11 aromatic rings. The van der Waals surface area contributed by atoms with E-state index in [0.717, 1.165) is 42.5 Å². The van der Waals surface area contributed by atoms with Gasteiger partial charge in [-0.3, -0.25) is 18.7 Å². The Kier molecular flexibility index (Phi) is 33.7. The SMILES string of the molecule is C.COc1ccc(Cn2c(NCc3cccnc3N)nc(=O)n(CCOc3ccc(F)cc3)c2=O)cc1.COc1ccc(Cn2c(SC)nc(=O)[nH]c2=O)cc1.COc1ccc(Cn2c(SC)nc(=O)n(CCOc3ccc(F)cc3)c2=O)cc1.Fc1ccc(OCCBr)cc1.NCc1cccnc1N. The molecule has 11 rings (SSSR count). The molecule has 0 aliphatic rings. The molecule has 6 aromatic carbocycles. The standard InChI is InChI=1S/C25H25FN6O4.C20H20FN3O4S.C12H13N3O3S.C8H8BrFO.C6H9N3.CH4/c1-35-20-8-4-17(5-9-20)16-32-23(29-15-18-3-2-12-28-22(18)27)30-24(33)31(25(32)34)13-14-36-21-10-6-19(26)7-11-21;1-27-16-7-3-14(4-8-16)13-24-19(29-2)22-18(25)23(20(24)26)11-12-28-17-9-5-15(21)6-10-17;1-18-9-5-3-8(4-6-9)7-15-11(17)13-10(16)14-12(15)19-2;9-5-6-11-8-3-1-7(10)2-4-8;7-4-5-2-1-3-9-6(5)8;/h2-12H,13-16H2,1H3,(H2,27,28)(H,29,30,33);3-10H,11-13H2,1-2H3;3-6H,7H2,1-2H3,(H,13,16,17);1-4H,5-6H2;1-3H,4,7H2,(H2,8,9);1H4. The number of pyridine rings is 2. The molecule has 105 heavy (non-hydrogen) atoms. The van der Waals surface area contributed by atoms with Crippen molar-refractivity contribution in [3.63, 3.8) is 0 Å². The maximum atomic E-state index is 13.4. The van der Waals surface area contributed by atoms with Crippen LogP contribution in [0.2, 0.25) is 0 Å². The summed E-state index contributed by atoms with van der Waals surface area (Å²) in [6.45, 7) is 2.12. The second-order valence-electron chi connectivity index (χ2n) is 21.4. The van der Waals surface area contributed by atoms with Gasteiger partial charge in [-0.25, -0.2) is 61.0 Å². The fourth-order valence-corrected chi connectivity index (χ4v) is 10.3. The molecule has 0 atom stereocenters. The van der Waals surface area contributed by atoms with Crippen LogP contribution in [-0.4, -0.2) is 112 Å². The molecule has 0 fully saturated rings. The van der Waals surface area contributed by atoms with E-state index < -0.39 is 34.1 Å². The first kappa shape index (κ1) is 82.5. The number of hydrogen-bond donors (Lipinski definition) is 5. The van der Waals surface area contributed by atoms with Gasteiger partial charge >= 0.3 is 34.1 Å². The van der Waals surface area contributed by atoms with Crippen LogP contribution in [0.15, 0.2) is 221 Å². The predicted molar refractivity (Wildman–Crippen MR) is 403 cm³/mol. The van der Waals surface area contributed by atoms with Gasteiger partial charge in [0.1, 0.15) is 76.8 Å². The van der Waals surface area contributed by atoms with Crippen LogP contribution in [0.25, 0.3) is 0 Å². The minimum absolute atomic E-state index is 0. The van der Waals surface area contributed by atoms with Crippen LogP contribution in [0, 0.1) is 17.5 Å². The number of alkyl halides is 1. The number of ether oxygens (including phenoxy) is 6. The Balaban J connectivity index is 0.000000223. The number of thioether (sulfide) groups is 2. The fraction of sp³-hybridized carbons (Fsp3) is 0.236. The summed E-state index contributed by atoms with van der Waals surface area (Å²) in [5.41, 5.74) is 17.4. The zero-order valence-corrected chi connectivity index (χ0v) is 60.2. The fourth-order valence-electron chi connectivity index (χ4n) is 9.11. The number of H-pyrrole nitrogens is 1. The summed E-state index contributed by atoms with van der Waals surface area (Å²) in [5.74, 6) is 3.68. The van der Waals surface area contributed by atoms with Crippen molar-refractivity contribution in [2.45, 2.75) is 63.6 Å². The summed E-state index contributed by atoms with van der Waals surface area (Å²) in [6.07, 6.45) is 6.75. The highest BCUT2D eigenvalue weighted by atomic mass is 79.9. The van der Waals surface area contributed by atoms with E-state index in [1.807, 2.05) is 60.7 Å². The van der Waals surface area contributed by atoms with Crippen LogP contribution >= 0.6 is 39.5 Å². The Bertz CT molecular complexity index is 4890. The average molecular weight is 1550 g/mol. The number of nitrogens with one attached hydrogen (secondary N) is 2. The van der Waals surface area contributed by atoms with Crippen molar-refractivity contribution in [3.8, 4) is 34.5 Å². The maximum Gasteiger partial charge on any atom is 0.355 e. The minimum Gasteiger partial charge on any atom is -0.497 e. The van der Waals surface area contributed by atoms with Gasteiger partial charge in [-0.15, -0.1) is 0 Å². The minimum atomic E-state index is -0.727. The van der Waals surface area contributed by atoms with Gasteiger partial charge in [0.2, 0.25) is 5.95 Å². The van der Waals surface area contributed by atoms with Gasteiger partial charge in [0.05, 0.1) is 60.7 Å². The maximum absolute atomic E-state index is 13.4. The predicted octanol–water partition coefficient (Wildman–Crippen LogP) is 8.74. The van der Waals surface area contributed by atoms with Gasteiger partial charge in [-0.2, -0.15) is 15.0 Å². The molecule has 0 saturated heterocycles. The summed E-state index contributed by atoms with van der Waals surface area (Å²) in [6, 6.07) is 46.0. The molecule has 8 N–H and O–H groups in total. The van der Waals surface area contributed by atoms with Gasteiger partial charge in [-0.1, -0.05) is 95.4 Å². The zero-order valence-electron chi connectivity index (χ0n) is 57.0. The van der Waals surface area contributed by atoms with E-state index in [9.17, 15) is 41.9 Å². The molecule has 33 heteroatoms. The largest absolute Gasteiger partial charge is 0.497 e. The van der Waals surface area contributed by atoms with Crippen LogP contribution in [0.1, 0.15) is 35.2 Å². The molecule has 0 aliphatic heterocycles. The topological polar surface area (TPSA) is 353 Å². The van der Waals surface area contributed by atoms with Crippen LogP contribution in [0.4, 0.5) is 30.8 Å². The third-order valence-electron chi connectivity index (χ3n) is 14.5. The van der Waals surface area contributed by atoms with E-state index in [4.69, 9.17) is 45.6 Å². The van der Waals surface area contributed by atoms with Crippen molar-refractivity contribution >= 4 is 57.0 Å². The molecule has 5 heterocycles. The smallest absolute Gasteiger partial charge is 0.355 e. The van der Waals surface area contributed by atoms with Crippen molar-refractivity contribution in [1.29, 1.82) is 0 Å². The molecule has 0 spiro atoms. The quantitative estimate of drug-likeness (QED) is 0.0250. The molecule has 5 aromatic heterocycles. The van der Waals surface area contributed by atoms with Gasteiger partial charge in [0.15, 0.2) is 10.3 Å². The number of nitrogens with two attached hydrogens (primary N) is 3. The average Bonchev–Trinajstić information content (AvgIpc) is 0.800. The second-order valence-corrected chi connectivity index (χ2v) is 23.7. The first-order valence-corrected chi connectivity index (χ1v) is 35.0. The molecular weight excluding hydrogens is 1470 g/mol. The lowest BCUT2D eigenvalue weighted by atomic mass is 10.2. The summed E-state index contributed by atoms with van der Waals surface area (Å²) in [7, 11) is 4.75. The molecule has 0 saturated carbocycles. The van der Waals surface area contributed by atoms with Crippen LogP contribution in [0.3, 0.4) is 0 Å². The van der Waals surface area contributed by atoms with E-state index in [1.54, 1.807) is 94.8 Å². The third-order valence-corrected chi connectivity index (χ3v) is 16.2.